The zero-order valence-corrected chi connectivity index (χ0v) is 23.3. The number of rotatable bonds is 8. The van der Waals surface area contributed by atoms with Crippen molar-refractivity contribution in [1.29, 1.82) is 0 Å². The van der Waals surface area contributed by atoms with Crippen LogP contribution in [0.5, 0.6) is 0 Å². The van der Waals surface area contributed by atoms with Gasteiger partial charge in [-0.3, -0.25) is 4.99 Å². The van der Waals surface area contributed by atoms with Crippen molar-refractivity contribution in [2.75, 3.05) is 0 Å². The van der Waals surface area contributed by atoms with E-state index in [4.69, 9.17) is 39.2 Å². The zero-order valence-electron chi connectivity index (χ0n) is 20.2. The van der Waals surface area contributed by atoms with E-state index in [1.807, 2.05) is 6.92 Å². The van der Waals surface area contributed by atoms with Gasteiger partial charge in [-0.25, -0.2) is 8.42 Å². The molecule has 12 heteroatoms. The number of alkyl halides is 3. The van der Waals surface area contributed by atoms with Crippen LogP contribution in [-0.4, -0.2) is 18.9 Å². The molecule has 0 N–H and O–H groups in total. The molecule has 0 spiro atoms. The lowest BCUT2D eigenvalue weighted by atomic mass is 10.2. The highest BCUT2D eigenvalue weighted by atomic mass is 35.5. The van der Waals surface area contributed by atoms with Gasteiger partial charge in [-0.2, -0.15) is 17.5 Å². The average molecular weight is 616 g/mol. The fraction of sp³-hybridized carbons (Fsp3) is 0.148. The van der Waals surface area contributed by atoms with E-state index < -0.39 is 26.8 Å². The molecule has 4 aromatic rings. The minimum Gasteiger partial charge on any atom is -0.459 e. The Bertz CT molecular complexity index is 1620. The second kappa shape index (κ2) is 11.7. The first-order valence-corrected chi connectivity index (χ1v) is 13.9. The van der Waals surface area contributed by atoms with Gasteiger partial charge in [0.15, 0.2) is 0 Å². The molecule has 0 saturated heterocycles. The molecule has 0 aliphatic rings. The third-order valence-electron chi connectivity index (χ3n) is 5.61. The molecular formula is C27H20Cl3F3N2O3S. The number of furan rings is 1. The SMILES string of the molecule is Cc1ccc(S(=O)(=O)N(Cc2ccc(Cl)c(Cl)c2)Cc2ccc(C=Nc3ccc(Cl)c(C(F)(F)F)c3)o2)cc1. The van der Waals surface area contributed by atoms with Crippen LogP contribution in [0.1, 0.15) is 28.2 Å². The molecule has 1 heterocycles. The van der Waals surface area contributed by atoms with E-state index in [0.29, 0.717) is 16.3 Å². The van der Waals surface area contributed by atoms with Gasteiger partial charge < -0.3 is 4.42 Å². The van der Waals surface area contributed by atoms with E-state index in [1.54, 1.807) is 36.4 Å². The lowest BCUT2D eigenvalue weighted by Gasteiger charge is -2.22. The Morgan fingerprint density at radius 3 is 2.23 bits per heavy atom. The van der Waals surface area contributed by atoms with Crippen molar-refractivity contribution in [2.24, 2.45) is 4.99 Å². The molecule has 39 heavy (non-hydrogen) atoms. The zero-order chi connectivity index (χ0) is 28.4. The van der Waals surface area contributed by atoms with Gasteiger partial charge in [0.25, 0.3) is 0 Å². The van der Waals surface area contributed by atoms with E-state index in [9.17, 15) is 21.6 Å². The second-order valence-electron chi connectivity index (χ2n) is 8.56. The van der Waals surface area contributed by atoms with E-state index in [2.05, 4.69) is 4.99 Å². The van der Waals surface area contributed by atoms with Crippen LogP contribution in [0, 0.1) is 6.92 Å². The topological polar surface area (TPSA) is 62.9 Å². The number of aliphatic imine (C=N–C) groups is 1. The second-order valence-corrected chi connectivity index (χ2v) is 11.7. The fourth-order valence-electron chi connectivity index (χ4n) is 3.60. The number of sulfonamides is 1. The Kier molecular flexibility index (Phi) is 8.78. The van der Waals surface area contributed by atoms with Crippen LogP contribution < -0.4 is 0 Å². The molecule has 0 radical (unpaired) electrons. The summed E-state index contributed by atoms with van der Waals surface area (Å²) in [6.45, 7) is 1.69. The summed E-state index contributed by atoms with van der Waals surface area (Å²) < 4.78 is 73.5. The molecule has 0 aliphatic carbocycles. The van der Waals surface area contributed by atoms with Crippen molar-refractivity contribution in [3.8, 4) is 0 Å². The number of hydrogen-bond donors (Lipinski definition) is 0. The predicted octanol–water partition coefficient (Wildman–Crippen LogP) is 8.71. The van der Waals surface area contributed by atoms with Gasteiger partial charge in [0.1, 0.15) is 11.5 Å². The molecule has 0 bridgehead atoms. The average Bonchev–Trinajstić information content (AvgIpc) is 3.32. The van der Waals surface area contributed by atoms with Crippen LogP contribution >= 0.6 is 34.8 Å². The predicted molar refractivity (Wildman–Crippen MR) is 146 cm³/mol. The molecule has 1 aromatic heterocycles. The maximum absolute atomic E-state index is 13.6. The third-order valence-corrected chi connectivity index (χ3v) is 8.49. The van der Waals surface area contributed by atoms with Crippen LogP contribution in [0.25, 0.3) is 0 Å². The molecule has 3 aromatic carbocycles. The monoisotopic (exact) mass is 614 g/mol. The summed E-state index contributed by atoms with van der Waals surface area (Å²) in [5.41, 5.74) is 0.533. The van der Waals surface area contributed by atoms with Crippen LogP contribution in [0.3, 0.4) is 0 Å². The van der Waals surface area contributed by atoms with Gasteiger partial charge in [-0.05, 0) is 67.1 Å². The van der Waals surface area contributed by atoms with Crippen LogP contribution in [0.4, 0.5) is 18.9 Å². The Labute approximate surface area is 238 Å². The normalized spacial score (nSPS) is 12.5. The van der Waals surface area contributed by atoms with Gasteiger partial charge in [-0.1, -0.05) is 58.6 Å². The Morgan fingerprint density at radius 1 is 0.872 bits per heavy atom. The highest BCUT2D eigenvalue weighted by Crippen LogP contribution is 2.36. The molecule has 0 unspecified atom stereocenters. The number of halogens is 6. The van der Waals surface area contributed by atoms with E-state index >= 15 is 0 Å². The highest BCUT2D eigenvalue weighted by molar-refractivity contribution is 7.89. The summed E-state index contributed by atoms with van der Waals surface area (Å²) in [5, 5.41) is 0.194. The van der Waals surface area contributed by atoms with Crippen molar-refractivity contribution in [3.05, 3.63) is 116 Å². The van der Waals surface area contributed by atoms with Crippen molar-refractivity contribution in [3.63, 3.8) is 0 Å². The number of hydrogen-bond acceptors (Lipinski definition) is 4. The molecule has 5 nitrogen and oxygen atoms in total. The molecule has 4 rings (SSSR count). The highest BCUT2D eigenvalue weighted by Gasteiger charge is 2.33. The molecular weight excluding hydrogens is 596 g/mol. The van der Waals surface area contributed by atoms with Gasteiger partial charge in [0.05, 0.1) is 44.0 Å². The van der Waals surface area contributed by atoms with Gasteiger partial charge in [0.2, 0.25) is 10.0 Å². The lowest BCUT2D eigenvalue weighted by molar-refractivity contribution is -0.137. The Balaban J connectivity index is 1.60. The van der Waals surface area contributed by atoms with Crippen LogP contribution in [0.2, 0.25) is 15.1 Å². The maximum atomic E-state index is 13.6. The van der Waals surface area contributed by atoms with Gasteiger partial charge >= 0.3 is 6.18 Å². The van der Waals surface area contributed by atoms with Gasteiger partial charge in [-0.15, -0.1) is 0 Å². The standard InChI is InChI=1S/C27H20Cl3F3N2O3S/c1-17-2-8-22(9-3-17)39(36,37)35(15-18-4-10-25(29)26(30)12-18)16-21-7-6-20(38-21)14-34-19-5-11-24(28)23(13-19)27(31,32)33/h2-14H,15-16H2,1H3. The third kappa shape index (κ3) is 7.23. The van der Waals surface area contributed by atoms with Crippen molar-refractivity contribution >= 4 is 56.7 Å². The minimum atomic E-state index is -4.62. The first-order chi connectivity index (χ1) is 18.3. The smallest absolute Gasteiger partial charge is 0.417 e. The number of aryl methyl sites for hydroxylation is 1. The van der Waals surface area contributed by atoms with Crippen LogP contribution in [-0.2, 0) is 29.3 Å². The summed E-state index contributed by atoms with van der Waals surface area (Å²) in [7, 11) is -3.96. The largest absolute Gasteiger partial charge is 0.459 e. The fourth-order valence-corrected chi connectivity index (χ4v) is 5.54. The summed E-state index contributed by atoms with van der Waals surface area (Å²) in [5.74, 6) is 0.509. The van der Waals surface area contributed by atoms with Crippen molar-refractivity contribution in [2.45, 2.75) is 31.1 Å². The lowest BCUT2D eigenvalue weighted by Crippen LogP contribution is -2.30. The molecule has 0 atom stereocenters. The summed E-state index contributed by atoms with van der Waals surface area (Å²) in [4.78, 5) is 4.14. The van der Waals surface area contributed by atoms with Crippen molar-refractivity contribution < 1.29 is 26.0 Å². The quantitative estimate of drug-likeness (QED) is 0.186. The van der Waals surface area contributed by atoms with E-state index in [1.165, 1.54) is 34.8 Å². The van der Waals surface area contributed by atoms with Crippen molar-refractivity contribution in [1.82, 2.24) is 4.31 Å². The molecule has 0 amide bonds. The summed E-state index contributed by atoms with van der Waals surface area (Å²) in [6, 6.07) is 17.7. The Hall–Kier alpha value is -2.82. The summed E-state index contributed by atoms with van der Waals surface area (Å²) >= 11 is 17.8. The number of nitrogens with zero attached hydrogens (tertiary/aromatic N) is 2. The van der Waals surface area contributed by atoms with Crippen LogP contribution in [0.15, 0.2) is 87.1 Å². The first-order valence-electron chi connectivity index (χ1n) is 11.3. The van der Waals surface area contributed by atoms with E-state index in [-0.39, 0.29) is 34.5 Å². The molecule has 204 valence electrons. The molecule has 0 saturated carbocycles. The summed E-state index contributed by atoms with van der Waals surface area (Å²) in [6.07, 6.45) is -3.38. The molecule has 0 aliphatic heterocycles. The Morgan fingerprint density at radius 2 is 1.56 bits per heavy atom. The van der Waals surface area contributed by atoms with Gasteiger partial charge in [0, 0.05) is 6.54 Å². The molecule has 0 fully saturated rings. The maximum Gasteiger partial charge on any atom is 0.417 e. The first kappa shape index (κ1) is 29.2. The number of benzene rings is 3. The van der Waals surface area contributed by atoms with E-state index in [0.717, 1.165) is 17.7 Å². The minimum absolute atomic E-state index is 0.0212.